The molecular weight excluding hydrogens is 518 g/mol. The normalized spacial score (nSPS) is 26.0. The minimum atomic E-state index is -2.68. The quantitative estimate of drug-likeness (QED) is 0.296. The first-order chi connectivity index (χ1) is 18.7. The molecule has 12 nitrogen and oxygen atoms in total. The van der Waals surface area contributed by atoms with Crippen LogP contribution in [0.3, 0.4) is 0 Å². The summed E-state index contributed by atoms with van der Waals surface area (Å²) in [5, 5.41) is 54.3. The molecule has 12 heteroatoms. The van der Waals surface area contributed by atoms with E-state index in [4.69, 9.17) is 11.0 Å². The number of aromatic hydroxyl groups is 1. The van der Waals surface area contributed by atoms with Crippen LogP contribution >= 0.6 is 0 Å². The molecular formula is C28H35N5O7. The summed E-state index contributed by atoms with van der Waals surface area (Å²) in [6.45, 7) is 0.683. The number of carbonyl (C=O) groups excluding carboxylic acids is 3. The molecule has 4 atom stereocenters. The zero-order valence-corrected chi connectivity index (χ0v) is 23.2. The number of nitrogens with zero attached hydrogens (tertiary/aromatic N) is 4. The number of benzene rings is 1. The van der Waals surface area contributed by atoms with Gasteiger partial charge in [-0.1, -0.05) is 0 Å². The summed E-state index contributed by atoms with van der Waals surface area (Å²) < 4.78 is 0. The highest BCUT2D eigenvalue weighted by molar-refractivity contribution is 6.24. The molecule has 3 aliphatic carbocycles. The number of nitriles is 1. The Bertz CT molecular complexity index is 1410. The van der Waals surface area contributed by atoms with Crippen molar-refractivity contribution < 1.29 is 34.8 Å². The van der Waals surface area contributed by atoms with Crippen molar-refractivity contribution >= 4 is 23.2 Å². The fourth-order valence-corrected chi connectivity index (χ4v) is 6.48. The molecule has 0 bridgehead atoms. The van der Waals surface area contributed by atoms with Crippen LogP contribution in [0, 0.1) is 23.2 Å². The van der Waals surface area contributed by atoms with E-state index in [1.165, 1.54) is 4.90 Å². The summed E-state index contributed by atoms with van der Waals surface area (Å²) in [6.07, 6.45) is 0.515. The average molecular weight is 554 g/mol. The van der Waals surface area contributed by atoms with Crippen molar-refractivity contribution in [3.05, 3.63) is 45.4 Å². The predicted octanol–water partition coefficient (Wildman–Crippen LogP) is 0.532. The molecule has 0 heterocycles. The number of carbonyl (C=O) groups is 3. The second-order valence-electron chi connectivity index (χ2n) is 11.3. The van der Waals surface area contributed by atoms with Gasteiger partial charge in [0.15, 0.2) is 11.4 Å². The maximum absolute atomic E-state index is 14.0. The van der Waals surface area contributed by atoms with E-state index in [1.807, 2.05) is 9.80 Å². The predicted molar refractivity (Wildman–Crippen MR) is 145 cm³/mol. The van der Waals surface area contributed by atoms with Gasteiger partial charge in [0.05, 0.1) is 17.7 Å². The van der Waals surface area contributed by atoms with Crippen molar-refractivity contribution in [3.8, 4) is 11.8 Å². The van der Waals surface area contributed by atoms with E-state index in [1.54, 1.807) is 41.3 Å². The number of nitrogens with two attached hydrogens (primary N) is 1. The van der Waals surface area contributed by atoms with Gasteiger partial charge in [0, 0.05) is 56.3 Å². The molecule has 1 amide bonds. The maximum atomic E-state index is 14.0. The van der Waals surface area contributed by atoms with Gasteiger partial charge >= 0.3 is 0 Å². The SMILES string of the molecule is CN(CCC#N)Cc1cc(N(C)C)c2c(c1O)C(=O)C1=C(O)[C@]3(O)C(=O)C(C(N)=O)=C(O)[C@@H](N(C)C)[C@@H]3C[C@@H]1C2. The molecule has 3 aliphatic rings. The molecule has 0 radical (unpaired) electrons. The molecule has 4 rings (SSSR count). The number of aliphatic hydroxyl groups is 3. The van der Waals surface area contributed by atoms with Crippen LogP contribution in [0.1, 0.15) is 34.3 Å². The van der Waals surface area contributed by atoms with Gasteiger partial charge in [0.2, 0.25) is 5.78 Å². The molecule has 40 heavy (non-hydrogen) atoms. The highest BCUT2D eigenvalue weighted by Gasteiger charge is 2.63. The fourth-order valence-electron chi connectivity index (χ4n) is 6.48. The van der Waals surface area contributed by atoms with Crippen LogP contribution in [0.4, 0.5) is 5.69 Å². The molecule has 0 spiro atoms. The van der Waals surface area contributed by atoms with Gasteiger partial charge in [-0.3, -0.25) is 19.3 Å². The number of hydrogen-bond acceptors (Lipinski definition) is 11. The smallest absolute Gasteiger partial charge is 0.255 e. The number of ketones is 2. The van der Waals surface area contributed by atoms with Gasteiger partial charge in [-0.05, 0) is 51.5 Å². The standard InChI is InChI=1S/C28H35N5O7/c1-31(2)17-11-14(12-33(5)8-6-7-29)22(34)19-15(17)9-13-10-16-21(32(3)4)24(36)20(27(30)39)26(38)28(16,40)25(37)18(13)23(19)35/h11,13,16,21,34,36-37,40H,6,8-10,12H2,1-5H3,(H2,30,39)/t13-,16-,21-,28-/m0/s1. The number of amides is 1. The number of anilines is 1. The highest BCUT2D eigenvalue weighted by Crippen LogP contribution is 2.53. The van der Waals surface area contributed by atoms with Crippen LogP contribution in [0.15, 0.2) is 28.7 Å². The third-order valence-corrected chi connectivity index (χ3v) is 8.31. The third kappa shape index (κ3) is 4.21. The maximum Gasteiger partial charge on any atom is 0.255 e. The van der Waals surface area contributed by atoms with Gasteiger partial charge in [0.1, 0.15) is 22.8 Å². The molecule has 1 aromatic carbocycles. The van der Waals surface area contributed by atoms with Gasteiger partial charge in [-0.2, -0.15) is 5.26 Å². The molecule has 0 unspecified atom stereocenters. The van der Waals surface area contributed by atoms with E-state index in [-0.39, 0.29) is 42.7 Å². The Morgan fingerprint density at radius 2 is 1.82 bits per heavy atom. The van der Waals surface area contributed by atoms with E-state index in [0.29, 0.717) is 23.4 Å². The summed E-state index contributed by atoms with van der Waals surface area (Å²) in [5.74, 6) is -6.77. The van der Waals surface area contributed by atoms with E-state index in [9.17, 15) is 34.8 Å². The summed E-state index contributed by atoms with van der Waals surface area (Å²) in [4.78, 5) is 44.8. The summed E-state index contributed by atoms with van der Waals surface area (Å²) >= 11 is 0. The lowest BCUT2D eigenvalue weighted by molar-refractivity contribution is -0.148. The molecule has 0 aromatic heterocycles. The molecule has 1 aromatic rings. The number of aliphatic hydroxyl groups excluding tert-OH is 2. The summed E-state index contributed by atoms with van der Waals surface area (Å²) in [6, 6.07) is 2.82. The third-order valence-electron chi connectivity index (χ3n) is 8.31. The van der Waals surface area contributed by atoms with Crippen molar-refractivity contribution in [3.63, 3.8) is 0 Å². The number of allylic oxidation sites excluding steroid dienone is 1. The second-order valence-corrected chi connectivity index (χ2v) is 11.3. The van der Waals surface area contributed by atoms with Gasteiger partial charge < -0.3 is 36.0 Å². The Labute approximate surface area is 232 Å². The van der Waals surface area contributed by atoms with Crippen LogP contribution in [-0.2, 0) is 22.6 Å². The molecule has 0 aliphatic heterocycles. The van der Waals surface area contributed by atoms with Crippen molar-refractivity contribution in [1.29, 1.82) is 5.26 Å². The Hall–Kier alpha value is -3.92. The monoisotopic (exact) mass is 553 g/mol. The first-order valence-corrected chi connectivity index (χ1v) is 12.9. The minimum absolute atomic E-state index is 0.0258. The Morgan fingerprint density at radius 3 is 2.38 bits per heavy atom. The minimum Gasteiger partial charge on any atom is -0.510 e. The number of Topliss-reactive ketones (excluding diaryl/α,β-unsaturated/α-hetero) is 2. The summed E-state index contributed by atoms with van der Waals surface area (Å²) in [7, 11) is 8.57. The van der Waals surface area contributed by atoms with Crippen LogP contribution in [0.5, 0.6) is 5.75 Å². The van der Waals surface area contributed by atoms with Gasteiger partial charge in [-0.25, -0.2) is 0 Å². The Kier molecular flexibility index (Phi) is 7.44. The van der Waals surface area contributed by atoms with Crippen LogP contribution in [0.2, 0.25) is 0 Å². The number of rotatable bonds is 7. The van der Waals surface area contributed by atoms with E-state index in [2.05, 4.69) is 6.07 Å². The lowest BCUT2D eigenvalue weighted by Gasteiger charge is -2.50. The van der Waals surface area contributed by atoms with Crippen molar-refractivity contribution in [2.45, 2.75) is 37.5 Å². The molecule has 0 saturated carbocycles. The lowest BCUT2D eigenvalue weighted by atomic mass is 9.58. The number of primary amides is 1. The first kappa shape index (κ1) is 29.1. The van der Waals surface area contributed by atoms with Gasteiger partial charge in [-0.15, -0.1) is 0 Å². The molecule has 6 N–H and O–H groups in total. The number of phenols is 1. The fraction of sp³-hybridized carbons (Fsp3) is 0.500. The topological polar surface area (TPSA) is 192 Å². The number of fused-ring (bicyclic) bond motifs is 3. The average Bonchev–Trinajstić information content (AvgIpc) is 2.85. The molecule has 0 fully saturated rings. The van der Waals surface area contributed by atoms with Crippen LogP contribution in [0.25, 0.3) is 0 Å². The van der Waals surface area contributed by atoms with E-state index in [0.717, 1.165) is 0 Å². The summed E-state index contributed by atoms with van der Waals surface area (Å²) in [5.41, 5.74) is 3.31. The first-order valence-electron chi connectivity index (χ1n) is 12.9. The highest BCUT2D eigenvalue weighted by atomic mass is 16.3. The lowest BCUT2D eigenvalue weighted by Crippen LogP contribution is -2.63. The van der Waals surface area contributed by atoms with Crippen molar-refractivity contribution in [2.24, 2.45) is 17.6 Å². The Balaban J connectivity index is 1.92. The second kappa shape index (κ2) is 10.2. The van der Waals surface area contributed by atoms with Crippen LogP contribution < -0.4 is 10.6 Å². The Morgan fingerprint density at radius 1 is 1.18 bits per heavy atom. The zero-order chi connectivity index (χ0) is 29.8. The van der Waals surface area contributed by atoms with Crippen LogP contribution in [-0.4, -0.2) is 101 Å². The number of phenolic OH excluding ortho intramolecular Hbond substituents is 1. The van der Waals surface area contributed by atoms with Crippen molar-refractivity contribution in [2.75, 3.05) is 46.7 Å². The van der Waals surface area contributed by atoms with E-state index < -0.39 is 58.0 Å². The largest absolute Gasteiger partial charge is 0.510 e. The number of likely N-dealkylation sites (N-methyl/N-ethyl adjacent to an activating group) is 1. The molecule has 214 valence electrons. The molecule has 0 saturated heterocycles. The van der Waals surface area contributed by atoms with Crippen molar-refractivity contribution in [1.82, 2.24) is 9.80 Å². The number of hydrogen-bond donors (Lipinski definition) is 5. The van der Waals surface area contributed by atoms with E-state index >= 15 is 0 Å². The zero-order valence-electron chi connectivity index (χ0n) is 23.2. The van der Waals surface area contributed by atoms with Gasteiger partial charge in [0.25, 0.3) is 5.91 Å².